The predicted octanol–water partition coefficient (Wildman–Crippen LogP) is 11.5. The van der Waals surface area contributed by atoms with Crippen LogP contribution in [-0.4, -0.2) is 11.6 Å². The summed E-state index contributed by atoms with van der Waals surface area (Å²) in [6, 6.07) is 0. The number of carbonyl (C=O) groups excluding carboxylic acids is 2. The van der Waals surface area contributed by atoms with E-state index in [0.29, 0.717) is 0 Å². The molecule has 2 nitrogen and oxygen atoms in total. The summed E-state index contributed by atoms with van der Waals surface area (Å²) in [4.78, 5) is 25.0. The summed E-state index contributed by atoms with van der Waals surface area (Å²) in [6.45, 7) is 25.3. The number of Topliss-reactive ketones (excluding diaryl/α,β-unsaturated/α-hetero) is 2. The van der Waals surface area contributed by atoms with Gasteiger partial charge in [0.05, 0.1) is 0 Å². The number of rotatable bonds is 10. The summed E-state index contributed by atoms with van der Waals surface area (Å²) in [7, 11) is 0. The monoisotopic (exact) mass is 592 g/mol. The molecule has 0 fully saturated rings. The van der Waals surface area contributed by atoms with Crippen molar-refractivity contribution in [3.8, 4) is 0 Å². The summed E-state index contributed by atoms with van der Waals surface area (Å²) in [5.74, 6) is 0.749. The van der Waals surface area contributed by atoms with Crippen molar-refractivity contribution in [1.82, 2.24) is 0 Å². The first-order chi connectivity index (χ1) is 20.5. The molecule has 2 aliphatic carbocycles. The van der Waals surface area contributed by atoms with E-state index >= 15 is 0 Å². The number of hydrogen-bond donors (Lipinski definition) is 0. The molecule has 0 saturated carbocycles. The molecule has 0 aromatic carbocycles. The van der Waals surface area contributed by atoms with Gasteiger partial charge >= 0.3 is 0 Å². The molecule has 0 radical (unpaired) electrons. The van der Waals surface area contributed by atoms with E-state index in [1.54, 1.807) is 0 Å². The molecule has 2 rings (SSSR count). The molecule has 0 bridgehead atoms. The topological polar surface area (TPSA) is 34.1 Å². The third-order valence-corrected chi connectivity index (χ3v) is 8.83. The zero-order valence-corrected chi connectivity index (χ0v) is 29.5. The molecule has 0 spiro atoms. The van der Waals surface area contributed by atoms with Crippen molar-refractivity contribution in [1.29, 1.82) is 0 Å². The molecule has 0 aromatic rings. The second-order valence-corrected chi connectivity index (χ2v) is 14.2. The van der Waals surface area contributed by atoms with Crippen LogP contribution in [0.25, 0.3) is 0 Å². The van der Waals surface area contributed by atoms with Crippen molar-refractivity contribution in [3.63, 3.8) is 0 Å². The minimum Gasteiger partial charge on any atom is -0.294 e. The first-order valence-electron chi connectivity index (χ1n) is 16.1. The van der Waals surface area contributed by atoms with E-state index in [-0.39, 0.29) is 34.2 Å². The minimum atomic E-state index is 0.0112. The van der Waals surface area contributed by atoms with Crippen LogP contribution in [0.3, 0.4) is 0 Å². The number of allylic oxidation sites excluding steroid dienone is 22. The highest BCUT2D eigenvalue weighted by Crippen LogP contribution is 2.43. The van der Waals surface area contributed by atoms with Crippen molar-refractivity contribution in [2.24, 2.45) is 22.7 Å². The van der Waals surface area contributed by atoms with Gasteiger partial charge in [0.15, 0.2) is 11.6 Å². The van der Waals surface area contributed by atoms with E-state index in [4.69, 9.17) is 0 Å². The van der Waals surface area contributed by atoms with Gasteiger partial charge in [-0.3, -0.25) is 9.59 Å². The molecule has 236 valence electrons. The van der Waals surface area contributed by atoms with Crippen molar-refractivity contribution in [2.45, 2.75) is 95.9 Å². The maximum absolute atomic E-state index is 12.5. The van der Waals surface area contributed by atoms with Gasteiger partial charge in [-0.05, 0) is 87.5 Å². The van der Waals surface area contributed by atoms with Crippen molar-refractivity contribution < 1.29 is 9.59 Å². The Bertz CT molecular complexity index is 1330. The van der Waals surface area contributed by atoms with Gasteiger partial charge in [0.25, 0.3) is 0 Å². The minimum absolute atomic E-state index is 0.0112. The number of carbonyl (C=O) groups is 2. The Balaban J connectivity index is 1.95. The van der Waals surface area contributed by atoms with E-state index in [0.717, 1.165) is 57.4 Å². The van der Waals surface area contributed by atoms with Gasteiger partial charge in [-0.15, -0.1) is 0 Å². The Hall–Kier alpha value is -3.52. The zero-order chi connectivity index (χ0) is 33.2. The molecule has 2 heteroatoms. The lowest BCUT2D eigenvalue weighted by atomic mass is 9.68. The van der Waals surface area contributed by atoms with Gasteiger partial charge < -0.3 is 0 Å². The standard InChI is InChI=1S/C42H56O2/c1-29(19-15-21-31(3)23-25-37-35(7)39(43)33(5)27-41(37,9)10)17-13-14-18-30(2)20-16-22-32(4)24-26-38-36(8)40(44)34(6)28-42(38,11)12/h13-26,33-34H,27-28H2,1-12H3/b14-13+,19-15+,20-16+,25-23+,26-24+,29-17+,30-18+,31-21+,32-22+/t33-,34-/m0/s1. The van der Waals surface area contributed by atoms with Crippen molar-refractivity contribution in [3.05, 3.63) is 130 Å². The number of ketones is 2. The van der Waals surface area contributed by atoms with Crippen molar-refractivity contribution in [2.75, 3.05) is 0 Å². The zero-order valence-electron chi connectivity index (χ0n) is 29.5. The Morgan fingerprint density at radius 3 is 1.18 bits per heavy atom. The quantitative estimate of drug-likeness (QED) is 0.236. The molecule has 0 unspecified atom stereocenters. The number of hydrogen-bond acceptors (Lipinski definition) is 2. The smallest absolute Gasteiger partial charge is 0.161 e. The first-order valence-corrected chi connectivity index (χ1v) is 16.1. The van der Waals surface area contributed by atoms with Gasteiger partial charge in [-0.2, -0.15) is 0 Å². The van der Waals surface area contributed by atoms with E-state index < -0.39 is 0 Å². The SMILES string of the molecule is CC1=C(/C=C/C(C)=C/C=C/C(C)=C/C=C/C=C(C)/C=C/C=C(C)/C=C/C2=C(C)C(=O)[C@@H](C)CC2(C)C)C(C)(C)C[C@H](C)C1=O. The second-order valence-electron chi connectivity index (χ2n) is 14.2. The molecule has 2 atom stereocenters. The highest BCUT2D eigenvalue weighted by Gasteiger charge is 2.36. The molecule has 0 aromatic heterocycles. The van der Waals surface area contributed by atoms with Crippen LogP contribution >= 0.6 is 0 Å². The van der Waals surface area contributed by atoms with Crippen LogP contribution in [0.4, 0.5) is 0 Å². The average molecular weight is 593 g/mol. The molecule has 0 saturated heterocycles. The van der Waals surface area contributed by atoms with Crippen LogP contribution in [0.5, 0.6) is 0 Å². The maximum Gasteiger partial charge on any atom is 0.161 e. The Labute approximate surface area is 268 Å². The van der Waals surface area contributed by atoms with Crippen LogP contribution in [0, 0.1) is 22.7 Å². The van der Waals surface area contributed by atoms with Gasteiger partial charge in [-0.25, -0.2) is 0 Å². The van der Waals surface area contributed by atoms with E-state index in [9.17, 15) is 9.59 Å². The third-order valence-electron chi connectivity index (χ3n) is 8.83. The summed E-state index contributed by atoms with van der Waals surface area (Å²) in [5, 5.41) is 0. The Kier molecular flexibility index (Phi) is 13.3. The highest BCUT2D eigenvalue weighted by molar-refractivity contribution is 5.99. The van der Waals surface area contributed by atoms with Gasteiger partial charge in [0.1, 0.15) is 0 Å². The van der Waals surface area contributed by atoms with Gasteiger partial charge in [0, 0.05) is 11.8 Å². The second kappa shape index (κ2) is 16.0. The molecule has 0 amide bonds. The van der Waals surface area contributed by atoms with E-state index in [1.807, 2.05) is 27.7 Å². The summed E-state index contributed by atoms with van der Waals surface area (Å²) in [5.41, 5.74) is 8.75. The maximum atomic E-state index is 12.5. The van der Waals surface area contributed by atoms with Crippen molar-refractivity contribution >= 4 is 11.6 Å². The molecule has 0 N–H and O–H groups in total. The summed E-state index contributed by atoms with van der Waals surface area (Å²) < 4.78 is 0. The lowest BCUT2D eigenvalue weighted by Gasteiger charge is -2.35. The van der Waals surface area contributed by atoms with Crippen LogP contribution in [0.15, 0.2) is 130 Å². The van der Waals surface area contributed by atoms with Gasteiger partial charge in [0.2, 0.25) is 0 Å². The van der Waals surface area contributed by atoms with E-state index in [2.05, 4.69) is 140 Å². The molecular formula is C42H56O2. The highest BCUT2D eigenvalue weighted by atomic mass is 16.1. The fourth-order valence-corrected chi connectivity index (χ4v) is 6.43. The predicted molar refractivity (Wildman–Crippen MR) is 191 cm³/mol. The van der Waals surface area contributed by atoms with Crippen LogP contribution < -0.4 is 0 Å². The first kappa shape index (κ1) is 36.7. The normalized spacial score (nSPS) is 24.5. The third kappa shape index (κ3) is 10.6. The lowest BCUT2D eigenvalue weighted by molar-refractivity contribution is -0.121. The Morgan fingerprint density at radius 1 is 0.545 bits per heavy atom. The molecule has 0 heterocycles. The van der Waals surface area contributed by atoms with E-state index in [1.165, 1.54) is 0 Å². The summed E-state index contributed by atoms with van der Waals surface area (Å²) in [6.07, 6.45) is 31.1. The lowest BCUT2D eigenvalue weighted by Crippen LogP contribution is -2.30. The van der Waals surface area contributed by atoms with Gasteiger partial charge in [-0.1, -0.05) is 149 Å². The van der Waals surface area contributed by atoms with Crippen LogP contribution in [0.1, 0.15) is 95.9 Å². The largest absolute Gasteiger partial charge is 0.294 e. The fraction of sp³-hybridized carbons (Fsp3) is 0.429. The van der Waals surface area contributed by atoms with Crippen LogP contribution in [0.2, 0.25) is 0 Å². The average Bonchev–Trinajstić information content (AvgIpc) is 2.92. The molecule has 2 aliphatic rings. The van der Waals surface area contributed by atoms with Crippen LogP contribution in [-0.2, 0) is 9.59 Å². The fourth-order valence-electron chi connectivity index (χ4n) is 6.43. The molecular weight excluding hydrogens is 536 g/mol. The summed E-state index contributed by atoms with van der Waals surface area (Å²) >= 11 is 0. The molecule has 0 aliphatic heterocycles. The molecule has 44 heavy (non-hydrogen) atoms. The Morgan fingerprint density at radius 2 is 0.841 bits per heavy atom.